The molecule has 2 aromatic rings. The maximum absolute atomic E-state index is 12.6. The Bertz CT molecular complexity index is 680. The summed E-state index contributed by atoms with van der Waals surface area (Å²) < 4.78 is 1.60. The predicted molar refractivity (Wildman–Crippen MR) is 94.9 cm³/mol. The van der Waals surface area contributed by atoms with E-state index in [1.165, 1.54) is 0 Å². The number of carbonyl (C=O) groups excluding carboxylic acids is 1. The van der Waals surface area contributed by atoms with E-state index in [1.54, 1.807) is 6.07 Å². The first-order valence-corrected chi connectivity index (χ1v) is 8.02. The molecule has 0 heterocycles. The lowest BCUT2D eigenvalue weighted by Gasteiger charge is -2.14. The second-order valence-corrected chi connectivity index (χ2v) is 6.85. The third-order valence-corrected chi connectivity index (χ3v) is 4.31. The Labute approximate surface area is 141 Å². The minimum absolute atomic E-state index is 0.153. The minimum Gasteiger partial charge on any atom is -0.397 e. The molecule has 0 fully saturated rings. The average Bonchev–Trinajstić information content (AvgIpc) is 2.32. The van der Waals surface area contributed by atoms with Crippen LogP contribution in [0.1, 0.15) is 27.0 Å². The number of anilines is 2. The molecule has 3 N–H and O–H groups in total. The highest BCUT2D eigenvalue weighted by Gasteiger charge is 2.16. The Morgan fingerprint density at radius 2 is 1.62 bits per heavy atom. The number of nitrogens with two attached hydrogens (primary N) is 1. The Kier molecular flexibility index (Phi) is 4.74. The zero-order valence-corrected chi connectivity index (χ0v) is 15.2. The fraction of sp³-hybridized carbons (Fsp3) is 0.188. The van der Waals surface area contributed by atoms with Gasteiger partial charge >= 0.3 is 0 Å². The van der Waals surface area contributed by atoms with Gasteiger partial charge in [-0.05, 0) is 60.0 Å². The molecule has 21 heavy (non-hydrogen) atoms. The fourth-order valence-corrected chi connectivity index (χ4v) is 3.80. The second kappa shape index (κ2) is 6.20. The summed E-state index contributed by atoms with van der Waals surface area (Å²) in [5.41, 5.74) is 10.8. The van der Waals surface area contributed by atoms with Crippen LogP contribution in [-0.4, -0.2) is 5.91 Å². The van der Waals surface area contributed by atoms with Crippen molar-refractivity contribution in [3.05, 3.63) is 55.5 Å². The molecule has 0 radical (unpaired) electrons. The van der Waals surface area contributed by atoms with Crippen LogP contribution in [0.25, 0.3) is 0 Å². The van der Waals surface area contributed by atoms with Crippen LogP contribution in [0.5, 0.6) is 0 Å². The maximum atomic E-state index is 12.6. The van der Waals surface area contributed by atoms with Crippen molar-refractivity contribution in [2.24, 2.45) is 0 Å². The molecule has 3 nitrogen and oxygen atoms in total. The van der Waals surface area contributed by atoms with Gasteiger partial charge in [0.05, 0.1) is 11.4 Å². The summed E-state index contributed by atoms with van der Waals surface area (Å²) in [4.78, 5) is 12.6. The molecule has 0 saturated heterocycles. The lowest BCUT2D eigenvalue weighted by atomic mass is 9.99. The molecule has 0 spiro atoms. The summed E-state index contributed by atoms with van der Waals surface area (Å²) in [5, 5.41) is 2.89. The first-order valence-electron chi connectivity index (χ1n) is 6.43. The van der Waals surface area contributed by atoms with Crippen LogP contribution < -0.4 is 11.1 Å². The smallest absolute Gasteiger partial charge is 0.256 e. The molecule has 2 aromatic carbocycles. The van der Waals surface area contributed by atoms with E-state index in [9.17, 15) is 4.79 Å². The highest BCUT2D eigenvalue weighted by atomic mass is 79.9. The zero-order valence-electron chi connectivity index (χ0n) is 12.1. The van der Waals surface area contributed by atoms with Gasteiger partial charge in [0.1, 0.15) is 0 Å². The van der Waals surface area contributed by atoms with Crippen molar-refractivity contribution in [3.8, 4) is 0 Å². The molecule has 0 bridgehead atoms. The molecule has 0 aliphatic rings. The minimum atomic E-state index is -0.153. The van der Waals surface area contributed by atoms with Gasteiger partial charge in [0.25, 0.3) is 5.91 Å². The number of rotatable bonds is 2. The fourth-order valence-electron chi connectivity index (χ4n) is 2.44. The van der Waals surface area contributed by atoms with Crippen molar-refractivity contribution < 1.29 is 4.79 Å². The first kappa shape index (κ1) is 16.0. The van der Waals surface area contributed by atoms with Crippen LogP contribution in [0.15, 0.2) is 33.2 Å². The molecule has 2 rings (SSSR count). The van der Waals surface area contributed by atoms with E-state index in [2.05, 4.69) is 37.2 Å². The van der Waals surface area contributed by atoms with Gasteiger partial charge in [-0.3, -0.25) is 4.79 Å². The normalized spacial score (nSPS) is 10.5. The number of hydrogen-bond donors (Lipinski definition) is 2. The van der Waals surface area contributed by atoms with Gasteiger partial charge in [-0.2, -0.15) is 0 Å². The Balaban J connectivity index is 2.40. The van der Waals surface area contributed by atoms with E-state index in [0.29, 0.717) is 16.9 Å². The standard InChI is InChI=1S/C16H16Br2N2O/c1-8-4-9(2)14(10(3)5-8)16(21)20-15-12(18)6-11(17)7-13(15)19/h4-7H,19H2,1-3H3,(H,20,21). The monoisotopic (exact) mass is 410 g/mol. The highest BCUT2D eigenvalue weighted by Crippen LogP contribution is 2.33. The number of nitrogens with one attached hydrogen (secondary N) is 1. The van der Waals surface area contributed by atoms with Gasteiger partial charge in [-0.15, -0.1) is 0 Å². The van der Waals surface area contributed by atoms with Gasteiger partial charge in [-0.25, -0.2) is 0 Å². The van der Waals surface area contributed by atoms with E-state index < -0.39 is 0 Å². The van der Waals surface area contributed by atoms with Crippen molar-refractivity contribution >= 4 is 49.1 Å². The summed E-state index contributed by atoms with van der Waals surface area (Å²) in [6.45, 7) is 5.90. The molecular formula is C16H16Br2N2O. The molecule has 0 aromatic heterocycles. The molecule has 110 valence electrons. The van der Waals surface area contributed by atoms with Gasteiger partial charge in [0, 0.05) is 14.5 Å². The summed E-state index contributed by atoms with van der Waals surface area (Å²) in [5.74, 6) is -0.153. The molecular weight excluding hydrogens is 396 g/mol. The van der Waals surface area contributed by atoms with Crippen LogP contribution in [-0.2, 0) is 0 Å². The summed E-state index contributed by atoms with van der Waals surface area (Å²) in [6, 6.07) is 7.61. The largest absolute Gasteiger partial charge is 0.397 e. The second-order valence-electron chi connectivity index (χ2n) is 5.08. The predicted octanol–water partition coefficient (Wildman–Crippen LogP) is 4.97. The molecule has 0 unspecified atom stereocenters. The van der Waals surface area contributed by atoms with Crippen molar-refractivity contribution in [1.29, 1.82) is 0 Å². The van der Waals surface area contributed by atoms with Crippen molar-refractivity contribution in [2.75, 3.05) is 11.1 Å². The van der Waals surface area contributed by atoms with E-state index in [4.69, 9.17) is 5.73 Å². The van der Waals surface area contributed by atoms with Gasteiger partial charge in [0.2, 0.25) is 0 Å². The Morgan fingerprint density at radius 1 is 1.05 bits per heavy atom. The third-order valence-electron chi connectivity index (χ3n) is 3.23. The number of benzene rings is 2. The lowest BCUT2D eigenvalue weighted by Crippen LogP contribution is -2.16. The highest BCUT2D eigenvalue weighted by molar-refractivity contribution is 9.11. The van der Waals surface area contributed by atoms with Crippen molar-refractivity contribution in [3.63, 3.8) is 0 Å². The van der Waals surface area contributed by atoms with Gasteiger partial charge in [-0.1, -0.05) is 33.6 Å². The number of hydrogen-bond acceptors (Lipinski definition) is 2. The van der Waals surface area contributed by atoms with E-state index in [0.717, 1.165) is 25.6 Å². The molecule has 0 aliphatic carbocycles. The quantitative estimate of drug-likeness (QED) is 0.685. The Hall–Kier alpha value is -1.33. The third kappa shape index (κ3) is 3.47. The topological polar surface area (TPSA) is 55.1 Å². The Morgan fingerprint density at radius 3 is 2.14 bits per heavy atom. The number of carbonyl (C=O) groups is 1. The molecule has 0 saturated carbocycles. The first-order chi connectivity index (χ1) is 9.79. The van der Waals surface area contributed by atoms with Crippen LogP contribution in [0, 0.1) is 20.8 Å². The zero-order chi connectivity index (χ0) is 15.7. The SMILES string of the molecule is Cc1cc(C)c(C(=O)Nc2c(N)cc(Br)cc2Br)c(C)c1. The van der Waals surface area contributed by atoms with Crippen molar-refractivity contribution in [1.82, 2.24) is 0 Å². The summed E-state index contributed by atoms with van der Waals surface area (Å²) in [7, 11) is 0. The summed E-state index contributed by atoms with van der Waals surface area (Å²) in [6.07, 6.45) is 0. The molecule has 0 aliphatic heterocycles. The van der Waals surface area contributed by atoms with Crippen LogP contribution in [0.2, 0.25) is 0 Å². The van der Waals surface area contributed by atoms with Crippen LogP contribution in [0.4, 0.5) is 11.4 Å². The molecule has 5 heteroatoms. The van der Waals surface area contributed by atoms with Crippen LogP contribution in [0.3, 0.4) is 0 Å². The lowest BCUT2D eigenvalue weighted by molar-refractivity contribution is 0.102. The number of nitrogen functional groups attached to an aromatic ring is 1. The van der Waals surface area contributed by atoms with Crippen LogP contribution >= 0.6 is 31.9 Å². The number of amides is 1. The van der Waals surface area contributed by atoms with E-state index in [1.807, 2.05) is 39.0 Å². The summed E-state index contributed by atoms with van der Waals surface area (Å²) >= 11 is 6.79. The number of aryl methyl sites for hydroxylation is 3. The van der Waals surface area contributed by atoms with Gasteiger partial charge < -0.3 is 11.1 Å². The molecule has 1 amide bonds. The van der Waals surface area contributed by atoms with E-state index in [-0.39, 0.29) is 5.91 Å². The van der Waals surface area contributed by atoms with E-state index >= 15 is 0 Å². The maximum Gasteiger partial charge on any atom is 0.256 e. The molecule has 0 atom stereocenters. The van der Waals surface area contributed by atoms with Gasteiger partial charge in [0.15, 0.2) is 0 Å². The van der Waals surface area contributed by atoms with Crippen molar-refractivity contribution in [2.45, 2.75) is 20.8 Å². The average molecular weight is 412 g/mol. The number of halogens is 2.